The van der Waals surface area contributed by atoms with Gasteiger partial charge in [-0.15, -0.1) is 0 Å². The first-order chi connectivity index (χ1) is 9.09. The fourth-order valence-electron chi connectivity index (χ4n) is 2.34. The second-order valence-electron chi connectivity index (χ2n) is 4.86. The number of hydrogen-bond acceptors (Lipinski definition) is 3. The Balaban J connectivity index is 2.14. The Kier molecular flexibility index (Phi) is 4.16. The molecule has 5 heteroatoms. The molecule has 1 aromatic rings. The number of nitrogens with two attached hydrogens (primary N) is 1. The number of carbonyl (C=O) groups excluding carboxylic acids is 2. The molecule has 0 radical (unpaired) electrons. The van der Waals surface area contributed by atoms with E-state index < -0.39 is 5.91 Å². The number of likely N-dealkylation sites (N-methyl/N-ethyl adjacent to an activating group) is 1. The minimum absolute atomic E-state index is 0.0724. The lowest BCUT2D eigenvalue weighted by Crippen LogP contribution is -2.46. The van der Waals surface area contributed by atoms with Crippen molar-refractivity contribution in [1.29, 1.82) is 0 Å². The Labute approximate surface area is 112 Å². The van der Waals surface area contributed by atoms with Gasteiger partial charge in [0.05, 0.1) is 0 Å². The summed E-state index contributed by atoms with van der Waals surface area (Å²) < 4.78 is 0. The first-order valence-corrected chi connectivity index (χ1v) is 6.47. The van der Waals surface area contributed by atoms with Gasteiger partial charge in [0.2, 0.25) is 5.91 Å². The van der Waals surface area contributed by atoms with Gasteiger partial charge in [-0.05, 0) is 37.6 Å². The molecule has 0 aromatic heterocycles. The van der Waals surface area contributed by atoms with E-state index in [2.05, 4.69) is 5.32 Å². The summed E-state index contributed by atoms with van der Waals surface area (Å²) in [5.41, 5.74) is 6.09. The molecule has 0 saturated carbocycles. The standard InChI is InChI=1S/C14H19N3O2/c1-17(12-6-3-7-16-9-12)14(19)11-5-2-4-10(8-11)13(15)18/h2,4-5,8,12,16H,3,6-7,9H2,1H3,(H2,15,18). The number of rotatable bonds is 3. The first-order valence-electron chi connectivity index (χ1n) is 6.47. The summed E-state index contributed by atoms with van der Waals surface area (Å²) >= 11 is 0. The molecular formula is C14H19N3O2. The molecule has 1 fully saturated rings. The zero-order valence-electron chi connectivity index (χ0n) is 11.1. The molecule has 2 amide bonds. The molecule has 0 aliphatic carbocycles. The minimum Gasteiger partial charge on any atom is -0.366 e. The lowest BCUT2D eigenvalue weighted by molar-refractivity contribution is 0.0708. The summed E-state index contributed by atoms with van der Waals surface area (Å²) in [7, 11) is 1.80. The van der Waals surface area contributed by atoms with Crippen LogP contribution in [0.1, 0.15) is 33.6 Å². The molecule has 1 aliphatic heterocycles. The fourth-order valence-corrected chi connectivity index (χ4v) is 2.34. The predicted octanol–water partition coefficient (Wildman–Crippen LogP) is 0.610. The number of hydrogen-bond donors (Lipinski definition) is 2. The van der Waals surface area contributed by atoms with Gasteiger partial charge in [0, 0.05) is 30.8 Å². The summed E-state index contributed by atoms with van der Waals surface area (Å²) in [5, 5.41) is 3.28. The van der Waals surface area contributed by atoms with Crippen molar-refractivity contribution >= 4 is 11.8 Å². The van der Waals surface area contributed by atoms with Crippen LogP contribution in [0, 0.1) is 0 Å². The van der Waals surface area contributed by atoms with Gasteiger partial charge >= 0.3 is 0 Å². The molecule has 1 heterocycles. The van der Waals surface area contributed by atoms with Crippen LogP contribution in [-0.2, 0) is 0 Å². The number of benzene rings is 1. The Hall–Kier alpha value is -1.88. The van der Waals surface area contributed by atoms with Crippen molar-refractivity contribution < 1.29 is 9.59 Å². The largest absolute Gasteiger partial charge is 0.366 e. The van der Waals surface area contributed by atoms with E-state index in [9.17, 15) is 9.59 Å². The van der Waals surface area contributed by atoms with Crippen LogP contribution in [-0.4, -0.2) is 42.9 Å². The normalized spacial score (nSPS) is 18.9. The number of amides is 2. The average Bonchev–Trinajstić information content (AvgIpc) is 2.46. The number of carbonyl (C=O) groups is 2. The molecular weight excluding hydrogens is 242 g/mol. The van der Waals surface area contributed by atoms with Gasteiger partial charge in [-0.1, -0.05) is 6.07 Å². The van der Waals surface area contributed by atoms with Crippen LogP contribution < -0.4 is 11.1 Å². The summed E-state index contributed by atoms with van der Waals surface area (Å²) in [6.07, 6.45) is 2.08. The van der Waals surface area contributed by atoms with Gasteiger partial charge in [0.25, 0.3) is 5.91 Å². The summed E-state index contributed by atoms with van der Waals surface area (Å²) in [6, 6.07) is 6.76. The highest BCUT2D eigenvalue weighted by Gasteiger charge is 2.23. The molecule has 19 heavy (non-hydrogen) atoms. The Morgan fingerprint density at radius 1 is 1.37 bits per heavy atom. The van der Waals surface area contributed by atoms with Gasteiger partial charge in [-0.25, -0.2) is 0 Å². The maximum Gasteiger partial charge on any atom is 0.253 e. The van der Waals surface area contributed by atoms with Crippen LogP contribution in [0.3, 0.4) is 0 Å². The molecule has 1 aliphatic rings. The lowest BCUT2D eigenvalue weighted by Gasteiger charge is -2.31. The van der Waals surface area contributed by atoms with Crippen LogP contribution >= 0.6 is 0 Å². The molecule has 1 atom stereocenters. The summed E-state index contributed by atoms with van der Waals surface area (Å²) in [6.45, 7) is 1.83. The van der Waals surface area contributed by atoms with Crippen LogP contribution in [0.4, 0.5) is 0 Å². The summed E-state index contributed by atoms with van der Waals surface area (Å²) in [4.78, 5) is 25.2. The molecule has 102 valence electrons. The van der Waals surface area contributed by atoms with Crippen LogP contribution in [0.15, 0.2) is 24.3 Å². The van der Waals surface area contributed by atoms with Crippen molar-refractivity contribution in [2.45, 2.75) is 18.9 Å². The van der Waals surface area contributed by atoms with Crippen molar-refractivity contribution in [1.82, 2.24) is 10.2 Å². The molecule has 1 unspecified atom stereocenters. The van der Waals surface area contributed by atoms with E-state index in [1.54, 1.807) is 36.2 Å². The van der Waals surface area contributed by atoms with E-state index in [0.717, 1.165) is 25.9 Å². The first kappa shape index (κ1) is 13.5. The highest BCUT2D eigenvalue weighted by atomic mass is 16.2. The zero-order chi connectivity index (χ0) is 13.8. The van der Waals surface area contributed by atoms with E-state index in [1.807, 2.05) is 0 Å². The minimum atomic E-state index is -0.517. The fraction of sp³-hybridized carbons (Fsp3) is 0.429. The molecule has 0 bridgehead atoms. The van der Waals surface area contributed by atoms with Crippen LogP contribution in [0.5, 0.6) is 0 Å². The van der Waals surface area contributed by atoms with Crippen molar-refractivity contribution in [3.05, 3.63) is 35.4 Å². The average molecular weight is 261 g/mol. The number of nitrogens with one attached hydrogen (secondary N) is 1. The third kappa shape index (κ3) is 3.12. The second-order valence-corrected chi connectivity index (χ2v) is 4.86. The third-order valence-electron chi connectivity index (χ3n) is 3.53. The Bertz CT molecular complexity index is 481. The smallest absolute Gasteiger partial charge is 0.253 e. The summed E-state index contributed by atoms with van der Waals surface area (Å²) in [5.74, 6) is -0.589. The van der Waals surface area contributed by atoms with Crippen LogP contribution in [0.2, 0.25) is 0 Å². The predicted molar refractivity (Wildman–Crippen MR) is 72.9 cm³/mol. The van der Waals surface area contributed by atoms with E-state index in [0.29, 0.717) is 11.1 Å². The van der Waals surface area contributed by atoms with Crippen LogP contribution in [0.25, 0.3) is 0 Å². The molecule has 2 rings (SSSR count). The monoisotopic (exact) mass is 261 g/mol. The molecule has 3 N–H and O–H groups in total. The molecule has 0 spiro atoms. The maximum atomic E-state index is 12.4. The van der Waals surface area contributed by atoms with Gasteiger partial charge in [-0.3, -0.25) is 9.59 Å². The van der Waals surface area contributed by atoms with Gasteiger partial charge in [0.15, 0.2) is 0 Å². The molecule has 1 aromatic carbocycles. The number of piperidine rings is 1. The zero-order valence-corrected chi connectivity index (χ0v) is 11.1. The SMILES string of the molecule is CN(C(=O)c1cccc(C(N)=O)c1)C1CCCNC1. The van der Waals surface area contributed by atoms with E-state index >= 15 is 0 Å². The van der Waals surface area contributed by atoms with Crippen molar-refractivity contribution in [2.75, 3.05) is 20.1 Å². The molecule has 1 saturated heterocycles. The van der Waals surface area contributed by atoms with Crippen molar-refractivity contribution in [3.63, 3.8) is 0 Å². The third-order valence-corrected chi connectivity index (χ3v) is 3.53. The number of primary amides is 1. The number of nitrogens with zero attached hydrogens (tertiary/aromatic N) is 1. The van der Waals surface area contributed by atoms with E-state index in [4.69, 9.17) is 5.73 Å². The second kappa shape index (κ2) is 5.84. The lowest BCUT2D eigenvalue weighted by atomic mass is 10.0. The maximum absolute atomic E-state index is 12.4. The van der Waals surface area contributed by atoms with Crippen molar-refractivity contribution in [2.24, 2.45) is 5.73 Å². The topological polar surface area (TPSA) is 75.4 Å². The van der Waals surface area contributed by atoms with Crippen molar-refractivity contribution in [3.8, 4) is 0 Å². The van der Waals surface area contributed by atoms with E-state index in [1.165, 1.54) is 0 Å². The molecule has 5 nitrogen and oxygen atoms in total. The highest BCUT2D eigenvalue weighted by molar-refractivity contribution is 5.99. The Morgan fingerprint density at radius 3 is 2.74 bits per heavy atom. The van der Waals surface area contributed by atoms with Gasteiger partial charge in [-0.2, -0.15) is 0 Å². The van der Waals surface area contributed by atoms with E-state index in [-0.39, 0.29) is 11.9 Å². The van der Waals surface area contributed by atoms with Gasteiger partial charge in [0.1, 0.15) is 0 Å². The van der Waals surface area contributed by atoms with Gasteiger partial charge < -0.3 is 16.0 Å². The quantitative estimate of drug-likeness (QED) is 0.837. The highest BCUT2D eigenvalue weighted by Crippen LogP contribution is 2.13. The Morgan fingerprint density at radius 2 is 2.11 bits per heavy atom.